The van der Waals surface area contributed by atoms with E-state index in [2.05, 4.69) is 114 Å². The number of aromatic nitrogens is 4. The van der Waals surface area contributed by atoms with Crippen LogP contribution in [0.3, 0.4) is 0 Å². The summed E-state index contributed by atoms with van der Waals surface area (Å²) in [4.78, 5) is 4.67. The molecule has 0 aliphatic carbocycles. The third kappa shape index (κ3) is 4.19. The van der Waals surface area contributed by atoms with Gasteiger partial charge in [0.05, 0.1) is 16.7 Å². The van der Waals surface area contributed by atoms with Gasteiger partial charge in [0.25, 0.3) is 0 Å². The number of para-hydroxylation sites is 3. The molecule has 3 heterocycles. The van der Waals surface area contributed by atoms with Crippen LogP contribution < -0.4 is 0 Å². The number of allylic oxidation sites excluding steroid dienone is 2. The molecule has 0 aliphatic heterocycles. The maximum Gasteiger partial charge on any atom is 0.215 e. The minimum absolute atomic E-state index is 0.997. The summed E-state index contributed by atoms with van der Waals surface area (Å²) in [6, 6.07) is 18.9. The lowest BCUT2D eigenvalue weighted by molar-refractivity contribution is 0.898. The number of benzene rings is 2. The van der Waals surface area contributed by atoms with Gasteiger partial charge in [-0.3, -0.25) is 4.40 Å². The van der Waals surface area contributed by atoms with Gasteiger partial charge in [-0.25, -0.2) is 4.98 Å². The Hall–Kier alpha value is -3.53. The van der Waals surface area contributed by atoms with Crippen molar-refractivity contribution >= 4 is 33.8 Å². The van der Waals surface area contributed by atoms with E-state index < -0.39 is 0 Å². The molecule has 5 aromatic rings. The molecule has 3 aromatic heterocycles. The molecular weight excluding hydrogens is 380 g/mol. The molecule has 0 spiro atoms. The van der Waals surface area contributed by atoms with Crippen molar-refractivity contribution in [1.29, 1.82) is 0 Å². The number of fused-ring (bicyclic) bond motifs is 4. The lowest BCUT2D eigenvalue weighted by Gasteiger charge is -1.97. The highest BCUT2D eigenvalue weighted by atomic mass is 15.2. The second-order valence-corrected chi connectivity index (χ2v) is 7.58. The monoisotopic (exact) mass is 412 g/mol. The van der Waals surface area contributed by atoms with Gasteiger partial charge in [0.15, 0.2) is 0 Å². The topological polar surface area (TPSA) is 27.2 Å². The van der Waals surface area contributed by atoms with Crippen LogP contribution >= 0.6 is 0 Å². The van der Waals surface area contributed by atoms with Crippen molar-refractivity contribution in [2.45, 2.75) is 27.7 Å². The van der Waals surface area contributed by atoms with Crippen molar-refractivity contribution < 1.29 is 0 Å². The zero-order chi connectivity index (χ0) is 22.5. The van der Waals surface area contributed by atoms with Crippen molar-refractivity contribution in [2.75, 3.05) is 0 Å². The minimum Gasteiger partial charge on any atom is -0.348 e. The maximum absolute atomic E-state index is 4.67. The number of hydrogen-bond donors (Lipinski definition) is 0. The van der Waals surface area contributed by atoms with Crippen molar-refractivity contribution in [3.05, 3.63) is 90.4 Å². The van der Waals surface area contributed by atoms with Crippen LogP contribution in [0.5, 0.6) is 0 Å². The zero-order valence-electron chi connectivity index (χ0n) is 19.4. The summed E-state index contributed by atoms with van der Waals surface area (Å²) in [5.41, 5.74) is 7.27. The Morgan fingerprint density at radius 1 is 0.871 bits per heavy atom. The van der Waals surface area contributed by atoms with E-state index in [0.29, 0.717) is 0 Å². The van der Waals surface area contributed by atoms with Gasteiger partial charge in [0.2, 0.25) is 5.78 Å². The molecule has 0 fully saturated rings. The smallest absolute Gasteiger partial charge is 0.215 e. The third-order valence-electron chi connectivity index (χ3n) is 5.47. The molecule has 0 saturated carbocycles. The number of nitrogens with zero attached hydrogens (tertiary/aromatic N) is 4. The van der Waals surface area contributed by atoms with Crippen LogP contribution in [0.15, 0.2) is 73.3 Å². The average molecular weight is 413 g/mol. The Labute approximate surface area is 184 Å². The molecule has 4 nitrogen and oxygen atoms in total. The standard InChI is InChI=1S/C14H15N3.C10H11N.C3H6/c1-4-7-12-10(2)16(3)14-15-11-8-5-6-9-13(11)17(12)14;1-8-7-9-5-3-4-6-10(9)11(8)2;1-3-2/h4-9H,1-3H3;3-7H,1-2H3;3H,1H2,2H3/b7-4-;;. The Morgan fingerprint density at radius 2 is 1.48 bits per heavy atom. The molecule has 0 saturated heterocycles. The minimum atomic E-state index is 0.997. The van der Waals surface area contributed by atoms with Gasteiger partial charge >= 0.3 is 0 Å². The van der Waals surface area contributed by atoms with E-state index in [1.165, 1.54) is 33.5 Å². The fourth-order valence-electron chi connectivity index (χ4n) is 3.74. The molecule has 0 aliphatic rings. The first-order valence-electron chi connectivity index (χ1n) is 10.6. The quantitative estimate of drug-likeness (QED) is 0.277. The van der Waals surface area contributed by atoms with Gasteiger partial charge in [0, 0.05) is 31.0 Å². The molecule has 0 bridgehead atoms. The predicted molar refractivity (Wildman–Crippen MR) is 135 cm³/mol. The van der Waals surface area contributed by atoms with Crippen LogP contribution in [0.4, 0.5) is 0 Å². The van der Waals surface area contributed by atoms with Crippen LogP contribution in [0.25, 0.3) is 33.8 Å². The van der Waals surface area contributed by atoms with Gasteiger partial charge < -0.3 is 9.13 Å². The third-order valence-corrected chi connectivity index (χ3v) is 5.47. The van der Waals surface area contributed by atoms with Gasteiger partial charge in [-0.2, -0.15) is 0 Å². The Bertz CT molecular complexity index is 1360. The molecule has 5 rings (SSSR count). The Morgan fingerprint density at radius 3 is 2.13 bits per heavy atom. The highest BCUT2D eigenvalue weighted by Crippen LogP contribution is 2.23. The second kappa shape index (κ2) is 9.52. The first-order chi connectivity index (χ1) is 14.9. The summed E-state index contributed by atoms with van der Waals surface area (Å²) >= 11 is 0. The summed E-state index contributed by atoms with van der Waals surface area (Å²) in [6.07, 6.45) is 5.95. The fourth-order valence-corrected chi connectivity index (χ4v) is 3.74. The van der Waals surface area contributed by atoms with Crippen LogP contribution in [-0.4, -0.2) is 18.5 Å². The first kappa shape index (κ1) is 22.2. The second-order valence-electron chi connectivity index (χ2n) is 7.58. The largest absolute Gasteiger partial charge is 0.348 e. The first-order valence-corrected chi connectivity index (χ1v) is 10.6. The lowest BCUT2D eigenvalue weighted by atomic mass is 10.2. The van der Waals surface area contributed by atoms with E-state index in [1.807, 2.05) is 19.9 Å². The predicted octanol–water partition coefficient (Wildman–Crippen LogP) is 6.85. The number of hydrogen-bond acceptors (Lipinski definition) is 1. The van der Waals surface area contributed by atoms with Gasteiger partial charge in [-0.1, -0.05) is 42.5 Å². The van der Waals surface area contributed by atoms with Crippen molar-refractivity contribution in [3.8, 4) is 0 Å². The van der Waals surface area contributed by atoms with E-state index in [0.717, 1.165) is 11.3 Å². The summed E-state index contributed by atoms with van der Waals surface area (Å²) in [5, 5.41) is 1.33. The summed E-state index contributed by atoms with van der Waals surface area (Å²) in [5.74, 6) is 0.997. The Kier molecular flexibility index (Phi) is 6.81. The van der Waals surface area contributed by atoms with E-state index in [4.69, 9.17) is 0 Å². The van der Waals surface area contributed by atoms with Crippen LogP contribution in [0.2, 0.25) is 0 Å². The van der Waals surface area contributed by atoms with Crippen LogP contribution in [-0.2, 0) is 14.1 Å². The highest BCUT2D eigenvalue weighted by Gasteiger charge is 2.14. The number of rotatable bonds is 1. The van der Waals surface area contributed by atoms with E-state index in [9.17, 15) is 0 Å². The van der Waals surface area contributed by atoms with E-state index in [-0.39, 0.29) is 0 Å². The molecule has 4 heteroatoms. The van der Waals surface area contributed by atoms with Crippen LogP contribution in [0.1, 0.15) is 30.9 Å². The SMILES string of the molecule is C/C=C\c1c(C)n(C)c2nc3ccccc3n12.C=CC.Cc1cc2ccccc2n1C. The van der Waals surface area contributed by atoms with Gasteiger partial charge in [-0.15, -0.1) is 6.58 Å². The Balaban J connectivity index is 0.000000167. The summed E-state index contributed by atoms with van der Waals surface area (Å²) < 4.78 is 6.55. The lowest BCUT2D eigenvalue weighted by Crippen LogP contribution is -1.91. The average Bonchev–Trinajstić information content (AvgIpc) is 3.36. The van der Waals surface area contributed by atoms with E-state index in [1.54, 1.807) is 6.08 Å². The highest BCUT2D eigenvalue weighted by molar-refractivity contribution is 5.82. The van der Waals surface area contributed by atoms with Crippen molar-refractivity contribution in [3.63, 3.8) is 0 Å². The van der Waals surface area contributed by atoms with Crippen LogP contribution in [0, 0.1) is 13.8 Å². The fraction of sp³-hybridized carbons (Fsp3) is 0.222. The molecule has 0 amide bonds. The summed E-state index contributed by atoms with van der Waals surface area (Å²) in [7, 11) is 4.15. The maximum atomic E-state index is 4.67. The molecule has 31 heavy (non-hydrogen) atoms. The molecule has 160 valence electrons. The number of aryl methyl sites for hydroxylation is 3. The summed E-state index contributed by atoms with van der Waals surface area (Å²) in [6.45, 7) is 11.5. The molecule has 2 aromatic carbocycles. The molecule has 0 N–H and O–H groups in total. The van der Waals surface area contributed by atoms with E-state index >= 15 is 0 Å². The van der Waals surface area contributed by atoms with Gasteiger partial charge in [-0.05, 0) is 63.4 Å². The normalized spacial score (nSPS) is 10.9. The molecule has 0 atom stereocenters. The van der Waals surface area contributed by atoms with Gasteiger partial charge in [0.1, 0.15) is 0 Å². The molecule has 0 radical (unpaired) electrons. The van der Waals surface area contributed by atoms with Crippen molar-refractivity contribution in [2.24, 2.45) is 14.1 Å². The zero-order valence-corrected chi connectivity index (χ0v) is 19.4. The van der Waals surface area contributed by atoms with Crippen molar-refractivity contribution in [1.82, 2.24) is 18.5 Å². The molecular formula is C27H32N4. The number of imidazole rings is 2. The molecule has 0 unspecified atom stereocenters.